The number of allylic oxidation sites excluding steroid dienone is 1. The molecule has 0 fully saturated rings. The molecule has 1 aromatic rings. The maximum Gasteiger partial charge on any atom is 0.319 e. The Morgan fingerprint density at radius 2 is 2.04 bits per heavy atom. The molecule has 0 saturated carbocycles. The van der Waals surface area contributed by atoms with E-state index in [4.69, 9.17) is 4.74 Å². The summed E-state index contributed by atoms with van der Waals surface area (Å²) in [5.41, 5.74) is 2.97. The third kappa shape index (κ3) is 6.43. The third-order valence-corrected chi connectivity index (χ3v) is 4.35. The van der Waals surface area contributed by atoms with Crippen LogP contribution in [0.1, 0.15) is 37.7 Å². The van der Waals surface area contributed by atoms with E-state index in [9.17, 15) is 9.59 Å². The summed E-state index contributed by atoms with van der Waals surface area (Å²) in [6, 6.07) is 5.22. The summed E-state index contributed by atoms with van der Waals surface area (Å²) < 4.78 is 5.60. The molecule has 1 aromatic carbocycles. The van der Waals surface area contributed by atoms with Crippen molar-refractivity contribution in [3.63, 3.8) is 0 Å². The number of nitrogens with zero attached hydrogens (tertiary/aromatic N) is 1. The van der Waals surface area contributed by atoms with Gasteiger partial charge in [0.15, 0.2) is 6.61 Å². The van der Waals surface area contributed by atoms with Crippen LogP contribution in [-0.2, 0) is 4.79 Å². The normalized spacial score (nSPS) is 13.6. The lowest BCUT2D eigenvalue weighted by atomic mass is 9.97. The van der Waals surface area contributed by atoms with Gasteiger partial charge in [-0.3, -0.25) is 4.79 Å². The molecule has 0 spiro atoms. The second-order valence-electron chi connectivity index (χ2n) is 6.82. The second-order valence-corrected chi connectivity index (χ2v) is 6.82. The number of rotatable bonds is 7. The Morgan fingerprint density at radius 1 is 1.23 bits per heavy atom. The highest BCUT2D eigenvalue weighted by Crippen LogP contribution is 2.26. The molecule has 2 N–H and O–H groups in total. The standard InChI is InChI=1S/C20H29N3O3/c1-15-9-10-17(18(13-15)26-14-19(24)23(2)3)22-20(25)21-12-11-16-7-5-4-6-8-16/h7,9-10,13H,4-6,8,11-12,14H2,1-3H3,(H2,21,22,25). The summed E-state index contributed by atoms with van der Waals surface area (Å²) in [5.74, 6) is 0.355. The maximum absolute atomic E-state index is 12.2. The smallest absolute Gasteiger partial charge is 0.319 e. The molecule has 1 aliphatic rings. The van der Waals surface area contributed by atoms with Crippen LogP contribution in [0.5, 0.6) is 5.75 Å². The number of hydrogen-bond acceptors (Lipinski definition) is 3. The molecule has 0 radical (unpaired) electrons. The number of amides is 3. The van der Waals surface area contributed by atoms with Crippen LogP contribution in [0.4, 0.5) is 10.5 Å². The molecule has 142 valence electrons. The van der Waals surface area contributed by atoms with Crippen LogP contribution in [0, 0.1) is 6.92 Å². The van der Waals surface area contributed by atoms with Crippen molar-refractivity contribution in [3.05, 3.63) is 35.4 Å². The number of likely N-dealkylation sites (N-methyl/N-ethyl adjacent to an activating group) is 1. The number of ether oxygens (including phenoxy) is 1. The number of urea groups is 1. The van der Waals surface area contributed by atoms with Gasteiger partial charge in [0, 0.05) is 20.6 Å². The van der Waals surface area contributed by atoms with E-state index in [0.717, 1.165) is 24.8 Å². The number of benzene rings is 1. The fourth-order valence-corrected chi connectivity index (χ4v) is 2.76. The summed E-state index contributed by atoms with van der Waals surface area (Å²) in [7, 11) is 3.35. The minimum absolute atomic E-state index is 0.0685. The zero-order valence-electron chi connectivity index (χ0n) is 15.9. The molecule has 1 aliphatic carbocycles. The minimum atomic E-state index is -0.269. The molecule has 0 saturated heterocycles. The SMILES string of the molecule is Cc1ccc(NC(=O)NCCC2=CCCCC2)c(OCC(=O)N(C)C)c1. The Labute approximate surface area is 155 Å². The highest BCUT2D eigenvalue weighted by molar-refractivity contribution is 5.91. The molecular formula is C20H29N3O3. The average Bonchev–Trinajstić information content (AvgIpc) is 2.62. The quantitative estimate of drug-likeness (QED) is 0.732. The number of aryl methyl sites for hydroxylation is 1. The van der Waals surface area contributed by atoms with Crippen LogP contribution in [0.25, 0.3) is 0 Å². The van der Waals surface area contributed by atoms with Gasteiger partial charge in [-0.1, -0.05) is 17.7 Å². The van der Waals surface area contributed by atoms with Crippen LogP contribution in [0.2, 0.25) is 0 Å². The molecule has 0 aromatic heterocycles. The van der Waals surface area contributed by atoms with Crippen LogP contribution in [0.15, 0.2) is 29.8 Å². The van der Waals surface area contributed by atoms with Gasteiger partial charge in [0.05, 0.1) is 5.69 Å². The molecule has 6 heteroatoms. The van der Waals surface area contributed by atoms with Gasteiger partial charge in [-0.15, -0.1) is 0 Å². The second kappa shape index (κ2) is 9.85. The van der Waals surface area contributed by atoms with Gasteiger partial charge in [0.25, 0.3) is 5.91 Å². The van der Waals surface area contributed by atoms with Crippen molar-refractivity contribution in [1.29, 1.82) is 0 Å². The number of carbonyl (C=O) groups is 2. The van der Waals surface area contributed by atoms with Gasteiger partial charge in [0.2, 0.25) is 0 Å². The van der Waals surface area contributed by atoms with E-state index < -0.39 is 0 Å². The zero-order chi connectivity index (χ0) is 18.9. The van der Waals surface area contributed by atoms with Crippen molar-refractivity contribution in [2.75, 3.05) is 32.6 Å². The Kier molecular flexibility index (Phi) is 7.51. The zero-order valence-corrected chi connectivity index (χ0v) is 15.9. The van der Waals surface area contributed by atoms with Crippen LogP contribution < -0.4 is 15.4 Å². The van der Waals surface area contributed by atoms with Gasteiger partial charge >= 0.3 is 6.03 Å². The lowest BCUT2D eigenvalue weighted by molar-refractivity contribution is -0.130. The number of nitrogens with one attached hydrogen (secondary N) is 2. The lowest BCUT2D eigenvalue weighted by Gasteiger charge is -2.16. The highest BCUT2D eigenvalue weighted by atomic mass is 16.5. The Hall–Kier alpha value is -2.50. The molecule has 0 unspecified atom stereocenters. The maximum atomic E-state index is 12.2. The number of carbonyl (C=O) groups excluding carboxylic acids is 2. The fraction of sp³-hybridized carbons (Fsp3) is 0.500. The third-order valence-electron chi connectivity index (χ3n) is 4.35. The van der Waals surface area contributed by atoms with Gasteiger partial charge < -0.3 is 20.3 Å². The van der Waals surface area contributed by atoms with E-state index in [1.54, 1.807) is 20.2 Å². The van der Waals surface area contributed by atoms with Gasteiger partial charge in [-0.2, -0.15) is 0 Å². The van der Waals surface area contributed by atoms with Crippen molar-refractivity contribution >= 4 is 17.6 Å². The van der Waals surface area contributed by atoms with Crippen molar-refractivity contribution in [2.24, 2.45) is 0 Å². The highest BCUT2D eigenvalue weighted by Gasteiger charge is 2.11. The summed E-state index contributed by atoms with van der Waals surface area (Å²) >= 11 is 0. The first kappa shape index (κ1) is 19.8. The molecule has 0 heterocycles. The van der Waals surface area contributed by atoms with Crippen LogP contribution >= 0.6 is 0 Å². The van der Waals surface area contributed by atoms with Crippen molar-refractivity contribution < 1.29 is 14.3 Å². The summed E-state index contributed by atoms with van der Waals surface area (Å²) in [6.07, 6.45) is 7.98. The van der Waals surface area contributed by atoms with E-state index in [1.807, 2.05) is 19.1 Å². The van der Waals surface area contributed by atoms with Gasteiger partial charge in [-0.25, -0.2) is 4.79 Å². The molecule has 0 aliphatic heterocycles. The average molecular weight is 359 g/mol. The fourth-order valence-electron chi connectivity index (χ4n) is 2.76. The monoisotopic (exact) mass is 359 g/mol. The minimum Gasteiger partial charge on any atom is -0.482 e. The molecule has 2 rings (SSSR count). The van der Waals surface area contributed by atoms with E-state index in [2.05, 4.69) is 16.7 Å². The largest absolute Gasteiger partial charge is 0.482 e. The predicted molar refractivity (Wildman–Crippen MR) is 104 cm³/mol. The van der Waals surface area contributed by atoms with E-state index in [1.165, 1.54) is 23.3 Å². The van der Waals surface area contributed by atoms with Crippen molar-refractivity contribution in [2.45, 2.75) is 39.0 Å². The molecular weight excluding hydrogens is 330 g/mol. The topological polar surface area (TPSA) is 70.7 Å². The molecule has 26 heavy (non-hydrogen) atoms. The lowest BCUT2D eigenvalue weighted by Crippen LogP contribution is -2.30. The molecule has 6 nitrogen and oxygen atoms in total. The first-order valence-corrected chi connectivity index (χ1v) is 9.12. The van der Waals surface area contributed by atoms with Crippen molar-refractivity contribution in [3.8, 4) is 5.75 Å². The van der Waals surface area contributed by atoms with E-state index >= 15 is 0 Å². The molecule has 0 atom stereocenters. The summed E-state index contributed by atoms with van der Waals surface area (Å²) in [5, 5.41) is 5.69. The first-order valence-electron chi connectivity index (χ1n) is 9.12. The van der Waals surface area contributed by atoms with Crippen LogP contribution in [-0.4, -0.2) is 44.1 Å². The number of anilines is 1. The van der Waals surface area contributed by atoms with E-state index in [0.29, 0.717) is 18.0 Å². The number of hydrogen-bond donors (Lipinski definition) is 2. The summed E-state index contributed by atoms with van der Waals surface area (Å²) in [4.78, 5) is 25.4. The van der Waals surface area contributed by atoms with Crippen LogP contribution in [0.3, 0.4) is 0 Å². The molecule has 3 amide bonds. The summed E-state index contributed by atoms with van der Waals surface area (Å²) in [6.45, 7) is 2.47. The Morgan fingerprint density at radius 3 is 2.73 bits per heavy atom. The van der Waals surface area contributed by atoms with Gasteiger partial charge in [0.1, 0.15) is 5.75 Å². The van der Waals surface area contributed by atoms with Gasteiger partial charge in [-0.05, 0) is 56.7 Å². The molecule has 0 bridgehead atoms. The van der Waals surface area contributed by atoms with E-state index in [-0.39, 0.29) is 18.5 Å². The first-order chi connectivity index (χ1) is 12.5. The Bertz CT molecular complexity index is 668. The van der Waals surface area contributed by atoms with Crippen molar-refractivity contribution in [1.82, 2.24) is 10.2 Å². The Balaban J connectivity index is 1.87. The predicted octanol–water partition coefficient (Wildman–Crippen LogP) is 3.47.